The van der Waals surface area contributed by atoms with Crippen LogP contribution in [0.2, 0.25) is 0 Å². The maximum Gasteiger partial charge on any atom is 0.303 e. The number of aryl methyl sites for hydroxylation is 1. The molecule has 3 fully saturated rings. The van der Waals surface area contributed by atoms with E-state index in [4.69, 9.17) is 29.5 Å². The predicted octanol–water partition coefficient (Wildman–Crippen LogP) is 6.26. The summed E-state index contributed by atoms with van der Waals surface area (Å²) in [7, 11) is 0. The number of thiazole rings is 1. The van der Waals surface area contributed by atoms with Crippen LogP contribution >= 0.6 is 11.3 Å². The number of anilines is 1. The zero-order valence-electron chi connectivity index (χ0n) is 30.5. The number of piperidine rings is 1. The van der Waals surface area contributed by atoms with Crippen LogP contribution in [-0.4, -0.2) is 78.6 Å². The smallest absolute Gasteiger partial charge is 0.303 e. The van der Waals surface area contributed by atoms with Crippen LogP contribution in [0.1, 0.15) is 75.9 Å². The molecule has 13 nitrogen and oxygen atoms in total. The summed E-state index contributed by atoms with van der Waals surface area (Å²) < 4.78 is 13.8. The number of amides is 2. The van der Waals surface area contributed by atoms with Crippen molar-refractivity contribution in [2.75, 3.05) is 31.1 Å². The Morgan fingerprint density at radius 3 is 2.53 bits per heavy atom. The van der Waals surface area contributed by atoms with Crippen molar-refractivity contribution >= 4 is 57.0 Å². The molecule has 0 radical (unpaired) electrons. The van der Waals surface area contributed by atoms with Crippen molar-refractivity contribution in [2.45, 2.75) is 57.8 Å². The Hall–Kier alpha value is -5.60. The van der Waals surface area contributed by atoms with E-state index in [1.807, 2.05) is 47.3 Å². The molecular weight excluding hydrogens is 717 g/mol. The lowest BCUT2D eigenvalue weighted by Crippen LogP contribution is -2.39. The van der Waals surface area contributed by atoms with Gasteiger partial charge in [0.2, 0.25) is 0 Å². The number of carbonyl (C=O) groups excluding carboxylic acids is 3. The Kier molecular flexibility index (Phi) is 8.03. The van der Waals surface area contributed by atoms with Gasteiger partial charge in [-0.25, -0.2) is 19.6 Å². The van der Waals surface area contributed by atoms with Gasteiger partial charge in [-0.2, -0.15) is 5.10 Å². The second-order valence-electron chi connectivity index (χ2n) is 15.0. The van der Waals surface area contributed by atoms with Crippen molar-refractivity contribution in [1.82, 2.24) is 34.6 Å². The first kappa shape index (κ1) is 33.9. The second kappa shape index (κ2) is 13.0. The molecule has 55 heavy (non-hydrogen) atoms. The first-order chi connectivity index (χ1) is 26.8. The second-order valence-corrected chi connectivity index (χ2v) is 15.8. The van der Waals surface area contributed by atoms with Crippen molar-refractivity contribution in [3.05, 3.63) is 93.7 Å². The summed E-state index contributed by atoms with van der Waals surface area (Å²) in [5.41, 5.74) is 5.40. The molecule has 0 bridgehead atoms. The Bertz CT molecular complexity index is 2500. The number of esters is 1. The summed E-state index contributed by atoms with van der Waals surface area (Å²) in [4.78, 5) is 63.4. The Morgan fingerprint density at radius 1 is 0.964 bits per heavy atom. The lowest BCUT2D eigenvalue weighted by molar-refractivity contribution is -0.142. The van der Waals surface area contributed by atoms with E-state index in [0.717, 1.165) is 52.9 Å². The highest BCUT2D eigenvalue weighted by Crippen LogP contribution is 2.65. The third-order valence-electron chi connectivity index (χ3n) is 11.8. The van der Waals surface area contributed by atoms with Gasteiger partial charge in [-0.3, -0.25) is 24.3 Å². The molecule has 4 atom stereocenters. The highest BCUT2D eigenvalue weighted by Gasteiger charge is 2.69. The molecule has 10 rings (SSSR count). The fraction of sp³-hybridized carbons (Fsp3) is 0.366. The summed E-state index contributed by atoms with van der Waals surface area (Å²) in [5, 5.41) is 9.09. The van der Waals surface area contributed by atoms with Crippen LogP contribution in [0.3, 0.4) is 0 Å². The minimum Gasteiger partial charge on any atom is -0.459 e. The lowest BCUT2D eigenvalue weighted by atomic mass is 10.0. The minimum atomic E-state index is -0.498. The Morgan fingerprint density at radius 2 is 1.78 bits per heavy atom. The summed E-state index contributed by atoms with van der Waals surface area (Å²) in [6.45, 7) is 5.43. The van der Waals surface area contributed by atoms with Gasteiger partial charge >= 0.3 is 5.97 Å². The molecule has 14 heteroatoms. The Balaban J connectivity index is 1.07. The molecule has 4 aromatic heterocycles. The van der Waals surface area contributed by atoms with Gasteiger partial charge in [0.25, 0.3) is 11.8 Å². The lowest BCUT2D eigenvalue weighted by Gasteiger charge is -2.29. The van der Waals surface area contributed by atoms with Gasteiger partial charge in [-0.15, -0.1) is 11.3 Å². The van der Waals surface area contributed by atoms with Crippen LogP contribution in [0.4, 0.5) is 5.82 Å². The zero-order chi connectivity index (χ0) is 37.4. The number of nitrogens with zero attached hydrogens (tertiary/aromatic N) is 8. The Labute approximate surface area is 320 Å². The van der Waals surface area contributed by atoms with Crippen LogP contribution in [0, 0.1) is 18.8 Å². The van der Waals surface area contributed by atoms with Crippen molar-refractivity contribution in [3.63, 3.8) is 0 Å². The van der Waals surface area contributed by atoms with Crippen molar-refractivity contribution in [3.8, 4) is 11.3 Å². The standard InChI is InChI=1S/C41H38N8O5S/c1-23-21-55-40(43-23)41(22-48-38(51)27-9-3-4-10-28(27)39(48)52)29-15-17-47(19-30(29)41)36-32(20-54-24(2)50)44-35-34(26-11-7-13-31-25(26)12-8-16-42-31)46-49(37(35)45-36)33-14-5-6-18-53-33/h3-4,7-13,16,21,29-30,33H,5-6,14-15,17-20,22H2,1-2H3. The number of carbonyl (C=O) groups is 3. The average Bonchev–Trinajstić information content (AvgIpc) is 3.44. The molecule has 2 amide bonds. The van der Waals surface area contributed by atoms with Crippen LogP contribution in [-0.2, 0) is 26.3 Å². The van der Waals surface area contributed by atoms with E-state index in [0.29, 0.717) is 59.2 Å². The number of fused-ring (bicyclic) bond motifs is 4. The molecule has 6 aromatic rings. The van der Waals surface area contributed by atoms with Gasteiger partial charge in [-0.05, 0) is 68.7 Å². The SMILES string of the molecule is CC(=O)OCc1nc2c(-c3cccc4ncccc34)nn(C3CCCCO3)c2nc1N1CCC2C(C1)C2(CN1C(=O)c2ccccc2C1=O)c1nc(C)cs1. The fourth-order valence-corrected chi connectivity index (χ4v) is 10.2. The molecule has 278 valence electrons. The summed E-state index contributed by atoms with van der Waals surface area (Å²) in [6.07, 6.45) is 5.03. The first-order valence-corrected chi connectivity index (χ1v) is 19.7. The largest absolute Gasteiger partial charge is 0.459 e. The number of hydrogen-bond acceptors (Lipinski definition) is 12. The van der Waals surface area contributed by atoms with Gasteiger partial charge in [0.1, 0.15) is 28.5 Å². The maximum absolute atomic E-state index is 13.7. The number of benzene rings is 2. The molecule has 2 saturated heterocycles. The van der Waals surface area contributed by atoms with Crippen LogP contribution in [0.25, 0.3) is 33.3 Å². The molecule has 0 spiro atoms. The summed E-state index contributed by atoms with van der Waals surface area (Å²) in [5.74, 6) is -0.0263. The average molecular weight is 755 g/mol. The number of aromatic nitrogens is 6. The minimum absolute atomic E-state index is 0.0638. The van der Waals surface area contributed by atoms with Gasteiger partial charge in [0.15, 0.2) is 17.7 Å². The van der Waals surface area contributed by atoms with E-state index in [1.54, 1.807) is 41.8 Å². The van der Waals surface area contributed by atoms with E-state index < -0.39 is 11.4 Å². The normalized spacial score (nSPS) is 23.3. The number of pyridine rings is 1. The monoisotopic (exact) mass is 754 g/mol. The van der Waals surface area contributed by atoms with Gasteiger partial charge in [0, 0.05) is 66.8 Å². The molecule has 4 unspecified atom stereocenters. The fourth-order valence-electron chi connectivity index (χ4n) is 9.10. The summed E-state index contributed by atoms with van der Waals surface area (Å²) >= 11 is 1.59. The molecule has 7 heterocycles. The van der Waals surface area contributed by atoms with Crippen LogP contribution in [0.15, 0.2) is 66.2 Å². The maximum atomic E-state index is 13.7. The molecule has 2 aromatic carbocycles. The third-order valence-corrected chi connectivity index (χ3v) is 12.9. The van der Waals surface area contributed by atoms with E-state index in [1.165, 1.54) is 11.8 Å². The van der Waals surface area contributed by atoms with Crippen molar-refractivity contribution in [2.24, 2.45) is 11.8 Å². The quantitative estimate of drug-likeness (QED) is 0.128. The summed E-state index contributed by atoms with van der Waals surface area (Å²) in [6, 6.07) is 16.9. The number of hydrogen-bond donors (Lipinski definition) is 0. The van der Waals surface area contributed by atoms with E-state index in [2.05, 4.69) is 9.88 Å². The third kappa shape index (κ3) is 5.44. The van der Waals surface area contributed by atoms with Gasteiger partial charge < -0.3 is 14.4 Å². The topological polar surface area (TPSA) is 146 Å². The molecule has 1 aliphatic carbocycles. The molecule has 4 aliphatic rings. The number of rotatable bonds is 8. The molecule has 0 N–H and O–H groups in total. The predicted molar refractivity (Wildman–Crippen MR) is 205 cm³/mol. The highest BCUT2D eigenvalue weighted by atomic mass is 32.1. The van der Waals surface area contributed by atoms with E-state index in [-0.39, 0.29) is 43.0 Å². The van der Waals surface area contributed by atoms with E-state index in [9.17, 15) is 14.4 Å². The van der Waals surface area contributed by atoms with Crippen molar-refractivity contribution in [1.29, 1.82) is 0 Å². The zero-order valence-corrected chi connectivity index (χ0v) is 31.3. The van der Waals surface area contributed by atoms with Crippen molar-refractivity contribution < 1.29 is 23.9 Å². The number of ether oxygens (including phenoxy) is 2. The first-order valence-electron chi connectivity index (χ1n) is 18.8. The van der Waals surface area contributed by atoms with E-state index >= 15 is 0 Å². The molecular formula is C41H38N8O5S. The molecule has 3 aliphatic heterocycles. The van der Waals surface area contributed by atoms with Gasteiger partial charge in [0.05, 0.1) is 16.6 Å². The van der Waals surface area contributed by atoms with Gasteiger partial charge in [-0.1, -0.05) is 30.3 Å². The highest BCUT2D eigenvalue weighted by molar-refractivity contribution is 7.09. The van der Waals surface area contributed by atoms with Crippen LogP contribution in [0.5, 0.6) is 0 Å². The molecule has 1 saturated carbocycles. The number of imide groups is 1. The van der Waals surface area contributed by atoms with Crippen LogP contribution < -0.4 is 4.90 Å².